The van der Waals surface area contributed by atoms with Crippen LogP contribution in [0.4, 0.5) is 0 Å². The van der Waals surface area contributed by atoms with Crippen molar-refractivity contribution in [2.24, 2.45) is 0 Å². The van der Waals surface area contributed by atoms with Gasteiger partial charge in [0.1, 0.15) is 10.6 Å². The third kappa shape index (κ3) is 3.65. The first kappa shape index (κ1) is 15.8. The second-order valence-electron chi connectivity index (χ2n) is 5.06. The molecule has 0 saturated heterocycles. The van der Waals surface area contributed by atoms with E-state index in [1.165, 1.54) is 0 Å². The maximum absolute atomic E-state index is 12.6. The van der Waals surface area contributed by atoms with E-state index in [-0.39, 0.29) is 11.9 Å². The molecule has 1 atom stereocenters. The Morgan fingerprint density at radius 2 is 1.83 bits per heavy atom. The molecule has 0 radical (unpaired) electrons. The number of nitrogens with zero attached hydrogens (tertiary/aromatic N) is 2. The van der Waals surface area contributed by atoms with Gasteiger partial charge in [0.15, 0.2) is 0 Å². The number of carbonyl (C=O) groups is 1. The second-order valence-corrected chi connectivity index (χ2v) is 6.73. The highest BCUT2D eigenvalue weighted by Gasteiger charge is 2.19. The van der Waals surface area contributed by atoms with Crippen molar-refractivity contribution in [1.29, 1.82) is 0 Å². The van der Waals surface area contributed by atoms with Crippen molar-refractivity contribution in [3.8, 4) is 11.3 Å². The fraction of sp³-hybridized carbons (Fsp3) is 0.118. The molecular weight excluding hydrogens is 374 g/mol. The van der Waals surface area contributed by atoms with Crippen molar-refractivity contribution in [2.45, 2.75) is 13.0 Å². The average Bonchev–Trinajstić information content (AvgIpc) is 3.06. The molecule has 0 saturated carbocycles. The minimum atomic E-state index is -0.158. The molecule has 6 heteroatoms. The molecule has 1 heterocycles. The number of rotatable bonds is 4. The normalized spacial score (nSPS) is 11.9. The summed E-state index contributed by atoms with van der Waals surface area (Å²) in [7, 11) is 0. The van der Waals surface area contributed by atoms with Crippen LogP contribution in [0.25, 0.3) is 11.3 Å². The van der Waals surface area contributed by atoms with E-state index < -0.39 is 0 Å². The van der Waals surface area contributed by atoms with Crippen molar-refractivity contribution in [3.63, 3.8) is 0 Å². The van der Waals surface area contributed by atoms with Crippen LogP contribution < -0.4 is 5.32 Å². The molecule has 0 aliphatic rings. The minimum Gasteiger partial charge on any atom is -0.345 e. The van der Waals surface area contributed by atoms with Gasteiger partial charge < -0.3 is 5.32 Å². The average molecular weight is 388 g/mol. The highest BCUT2D eigenvalue weighted by atomic mass is 79.9. The van der Waals surface area contributed by atoms with Gasteiger partial charge in [-0.15, -0.1) is 5.10 Å². The van der Waals surface area contributed by atoms with E-state index in [9.17, 15) is 4.79 Å². The molecule has 4 nitrogen and oxygen atoms in total. The molecular formula is C17H14BrN3OS. The van der Waals surface area contributed by atoms with Crippen LogP contribution in [0.15, 0.2) is 59.1 Å². The Balaban J connectivity index is 1.81. The van der Waals surface area contributed by atoms with E-state index in [1.807, 2.05) is 61.5 Å². The Morgan fingerprint density at radius 3 is 2.52 bits per heavy atom. The number of carbonyl (C=O) groups excluding carboxylic acids is 1. The number of hydrogen-bond donors (Lipinski definition) is 1. The van der Waals surface area contributed by atoms with Gasteiger partial charge in [0, 0.05) is 10.0 Å². The lowest BCUT2D eigenvalue weighted by Crippen LogP contribution is -2.26. The molecule has 0 spiro atoms. The molecule has 116 valence electrons. The van der Waals surface area contributed by atoms with Gasteiger partial charge in [-0.2, -0.15) is 0 Å². The number of hydrogen-bond acceptors (Lipinski definition) is 4. The predicted molar refractivity (Wildman–Crippen MR) is 95.4 cm³/mol. The summed E-state index contributed by atoms with van der Waals surface area (Å²) in [6.07, 6.45) is 0. The molecule has 3 aromatic rings. The zero-order valence-electron chi connectivity index (χ0n) is 12.4. The molecule has 0 bridgehead atoms. The van der Waals surface area contributed by atoms with Crippen LogP contribution in [0, 0.1) is 0 Å². The SMILES string of the molecule is C[C@@H](NC(=O)c1snnc1-c1ccc(Br)cc1)c1ccccc1. The van der Waals surface area contributed by atoms with Crippen molar-refractivity contribution in [1.82, 2.24) is 14.9 Å². The summed E-state index contributed by atoms with van der Waals surface area (Å²) < 4.78 is 4.92. The summed E-state index contributed by atoms with van der Waals surface area (Å²) in [6, 6.07) is 17.4. The predicted octanol–water partition coefficient (Wildman–Crippen LogP) is 4.46. The van der Waals surface area contributed by atoms with Crippen molar-refractivity contribution in [3.05, 3.63) is 69.5 Å². The molecule has 1 amide bonds. The molecule has 3 rings (SSSR count). The number of halogens is 1. The van der Waals surface area contributed by atoms with Gasteiger partial charge in [-0.05, 0) is 36.2 Å². The van der Waals surface area contributed by atoms with Crippen LogP contribution in [0.1, 0.15) is 28.2 Å². The number of aromatic nitrogens is 2. The first-order valence-electron chi connectivity index (χ1n) is 7.09. The third-order valence-electron chi connectivity index (χ3n) is 3.46. The smallest absolute Gasteiger partial charge is 0.265 e. The first-order valence-corrected chi connectivity index (χ1v) is 8.66. The Bertz CT molecular complexity index is 802. The Labute approximate surface area is 146 Å². The fourth-order valence-electron chi connectivity index (χ4n) is 2.22. The molecule has 0 fully saturated rings. The van der Waals surface area contributed by atoms with Gasteiger partial charge in [0.2, 0.25) is 0 Å². The van der Waals surface area contributed by atoms with Crippen LogP contribution in [0.5, 0.6) is 0 Å². The number of benzene rings is 2. The summed E-state index contributed by atoms with van der Waals surface area (Å²) in [4.78, 5) is 13.1. The molecule has 2 aromatic carbocycles. The van der Waals surface area contributed by atoms with Crippen LogP contribution in [-0.2, 0) is 0 Å². The monoisotopic (exact) mass is 387 g/mol. The molecule has 23 heavy (non-hydrogen) atoms. The first-order chi connectivity index (χ1) is 11.1. The zero-order chi connectivity index (χ0) is 16.2. The Morgan fingerprint density at radius 1 is 1.13 bits per heavy atom. The summed E-state index contributed by atoms with van der Waals surface area (Å²) in [5, 5.41) is 7.11. The van der Waals surface area contributed by atoms with Crippen LogP contribution in [0.2, 0.25) is 0 Å². The lowest BCUT2D eigenvalue weighted by atomic mass is 10.1. The Hall–Kier alpha value is -2.05. The standard InChI is InChI=1S/C17H14BrN3OS/c1-11(12-5-3-2-4-6-12)19-17(22)16-15(20-21-23-16)13-7-9-14(18)10-8-13/h2-11H,1H3,(H,19,22)/t11-/m1/s1. The minimum absolute atomic E-state index is 0.0800. The number of nitrogens with one attached hydrogen (secondary N) is 1. The van der Waals surface area contributed by atoms with Crippen molar-refractivity contribution in [2.75, 3.05) is 0 Å². The lowest BCUT2D eigenvalue weighted by Gasteiger charge is -2.13. The molecule has 1 N–H and O–H groups in total. The quantitative estimate of drug-likeness (QED) is 0.718. The summed E-state index contributed by atoms with van der Waals surface area (Å²) in [5.74, 6) is -0.158. The van der Waals surface area contributed by atoms with E-state index in [1.54, 1.807) is 0 Å². The van der Waals surface area contributed by atoms with E-state index >= 15 is 0 Å². The van der Waals surface area contributed by atoms with E-state index in [0.29, 0.717) is 10.6 Å². The van der Waals surface area contributed by atoms with Gasteiger partial charge in [-0.1, -0.05) is 62.9 Å². The van der Waals surface area contributed by atoms with E-state index in [0.717, 1.165) is 27.1 Å². The fourth-order valence-corrected chi connectivity index (χ4v) is 3.08. The van der Waals surface area contributed by atoms with Crippen LogP contribution >= 0.6 is 27.5 Å². The highest BCUT2D eigenvalue weighted by molar-refractivity contribution is 9.10. The molecule has 0 unspecified atom stereocenters. The topological polar surface area (TPSA) is 54.9 Å². The van der Waals surface area contributed by atoms with Crippen molar-refractivity contribution < 1.29 is 4.79 Å². The Kier molecular flexibility index (Phi) is 4.83. The van der Waals surface area contributed by atoms with E-state index in [2.05, 4.69) is 30.8 Å². The zero-order valence-corrected chi connectivity index (χ0v) is 14.8. The maximum atomic E-state index is 12.6. The lowest BCUT2D eigenvalue weighted by molar-refractivity contribution is 0.0944. The molecule has 0 aliphatic heterocycles. The molecule has 1 aromatic heterocycles. The largest absolute Gasteiger partial charge is 0.345 e. The van der Waals surface area contributed by atoms with Gasteiger partial charge in [-0.3, -0.25) is 4.79 Å². The van der Waals surface area contributed by atoms with Gasteiger partial charge >= 0.3 is 0 Å². The van der Waals surface area contributed by atoms with Gasteiger partial charge in [0.25, 0.3) is 5.91 Å². The van der Waals surface area contributed by atoms with Crippen LogP contribution in [0.3, 0.4) is 0 Å². The molecule has 0 aliphatic carbocycles. The third-order valence-corrected chi connectivity index (χ3v) is 4.71. The van der Waals surface area contributed by atoms with Gasteiger partial charge in [-0.25, -0.2) is 0 Å². The highest BCUT2D eigenvalue weighted by Crippen LogP contribution is 2.26. The summed E-state index contributed by atoms with van der Waals surface area (Å²) >= 11 is 4.51. The second kappa shape index (κ2) is 7.02. The summed E-state index contributed by atoms with van der Waals surface area (Å²) in [5.41, 5.74) is 2.54. The number of amides is 1. The van der Waals surface area contributed by atoms with Gasteiger partial charge in [0.05, 0.1) is 6.04 Å². The van der Waals surface area contributed by atoms with E-state index in [4.69, 9.17) is 0 Å². The maximum Gasteiger partial charge on any atom is 0.265 e. The van der Waals surface area contributed by atoms with Crippen LogP contribution in [-0.4, -0.2) is 15.5 Å². The van der Waals surface area contributed by atoms with Crippen molar-refractivity contribution >= 4 is 33.4 Å². The summed E-state index contributed by atoms with van der Waals surface area (Å²) in [6.45, 7) is 1.96.